The number of hydrogen-bond acceptors (Lipinski definition) is 1. The van der Waals surface area contributed by atoms with Crippen molar-refractivity contribution in [2.24, 2.45) is 0 Å². The summed E-state index contributed by atoms with van der Waals surface area (Å²) in [5, 5.41) is 0. The summed E-state index contributed by atoms with van der Waals surface area (Å²) in [6, 6.07) is 17.9. The fourth-order valence-electron chi connectivity index (χ4n) is 3.06. The molecule has 0 N–H and O–H groups in total. The maximum absolute atomic E-state index is 13.0. The lowest BCUT2D eigenvalue weighted by Gasteiger charge is -2.28. The fraction of sp³-hybridized carbons (Fsp3) is 0.136. The molecule has 128 valence electrons. The van der Waals surface area contributed by atoms with Crippen LogP contribution in [0.1, 0.15) is 27.2 Å². The Hall–Kier alpha value is -3.32. The molecule has 2 aromatic carbocycles. The van der Waals surface area contributed by atoms with E-state index in [0.717, 1.165) is 23.2 Å². The number of carbonyl (C=O) groups excluding carboxylic acids is 1. The lowest BCUT2D eigenvalue weighted by atomic mass is 10.2. The number of carbonyl (C=O) groups is 1. The zero-order valence-corrected chi connectivity index (χ0v) is 14.2. The summed E-state index contributed by atoms with van der Waals surface area (Å²) in [6.07, 6.45) is 1.93. The normalized spacial score (nSPS) is 13.1. The highest BCUT2D eigenvalue weighted by molar-refractivity contribution is 5.94. The Labute approximate surface area is 151 Å². The first-order chi connectivity index (χ1) is 12.7. The average Bonchev–Trinajstić information content (AvgIpc) is 3.09. The minimum Gasteiger partial charge on any atom is -0.340 e. The highest BCUT2D eigenvalue weighted by Crippen LogP contribution is 2.18. The van der Waals surface area contributed by atoms with Gasteiger partial charge in [0.2, 0.25) is 0 Å². The van der Waals surface area contributed by atoms with E-state index in [2.05, 4.69) is 11.8 Å². The van der Waals surface area contributed by atoms with E-state index in [1.165, 1.54) is 12.1 Å². The van der Waals surface area contributed by atoms with Crippen LogP contribution < -0.4 is 0 Å². The number of rotatable bonds is 2. The van der Waals surface area contributed by atoms with Gasteiger partial charge in [-0.05, 0) is 35.9 Å². The van der Waals surface area contributed by atoms with Gasteiger partial charge in [-0.15, -0.1) is 0 Å². The van der Waals surface area contributed by atoms with Crippen molar-refractivity contribution in [3.63, 3.8) is 0 Å². The lowest BCUT2D eigenvalue weighted by molar-refractivity contribution is 0.0691. The van der Waals surface area contributed by atoms with Crippen molar-refractivity contribution in [1.82, 2.24) is 9.47 Å². The van der Waals surface area contributed by atoms with E-state index >= 15 is 0 Å². The first kappa shape index (κ1) is 16.2. The van der Waals surface area contributed by atoms with Crippen LogP contribution in [0.25, 0.3) is 0 Å². The van der Waals surface area contributed by atoms with Crippen LogP contribution in [0, 0.1) is 17.7 Å². The van der Waals surface area contributed by atoms with Crippen LogP contribution in [-0.4, -0.2) is 21.9 Å². The quantitative estimate of drug-likeness (QED) is 0.651. The summed E-state index contributed by atoms with van der Waals surface area (Å²) in [5.41, 5.74) is 3.35. The molecule has 0 aliphatic carbocycles. The van der Waals surface area contributed by atoms with Crippen molar-refractivity contribution >= 4 is 5.91 Å². The molecular formula is C22H17FN2O. The van der Waals surface area contributed by atoms with Gasteiger partial charge in [0.1, 0.15) is 11.5 Å². The van der Waals surface area contributed by atoms with Crippen LogP contribution >= 0.6 is 0 Å². The number of aromatic nitrogens is 1. The molecule has 1 amide bonds. The van der Waals surface area contributed by atoms with Gasteiger partial charge >= 0.3 is 0 Å². The summed E-state index contributed by atoms with van der Waals surface area (Å²) < 4.78 is 15.0. The van der Waals surface area contributed by atoms with Crippen LogP contribution in [0.4, 0.5) is 4.39 Å². The third-order valence-electron chi connectivity index (χ3n) is 4.43. The predicted octanol–water partition coefficient (Wildman–Crippen LogP) is 3.68. The van der Waals surface area contributed by atoms with Crippen LogP contribution in [0.15, 0.2) is 66.9 Å². The van der Waals surface area contributed by atoms with Gasteiger partial charge in [0.05, 0.1) is 0 Å². The van der Waals surface area contributed by atoms with E-state index in [0.29, 0.717) is 18.8 Å². The van der Waals surface area contributed by atoms with Crippen molar-refractivity contribution in [3.8, 4) is 11.8 Å². The van der Waals surface area contributed by atoms with Crippen molar-refractivity contribution in [1.29, 1.82) is 0 Å². The lowest BCUT2D eigenvalue weighted by Crippen LogP contribution is -2.39. The number of amides is 1. The fourth-order valence-corrected chi connectivity index (χ4v) is 3.06. The van der Waals surface area contributed by atoms with Gasteiger partial charge in [-0.1, -0.05) is 42.2 Å². The van der Waals surface area contributed by atoms with E-state index in [1.54, 1.807) is 17.0 Å². The second kappa shape index (κ2) is 6.89. The topological polar surface area (TPSA) is 25.2 Å². The van der Waals surface area contributed by atoms with E-state index in [4.69, 9.17) is 0 Å². The Morgan fingerprint density at radius 1 is 0.923 bits per heavy atom. The van der Waals surface area contributed by atoms with Gasteiger partial charge in [-0.3, -0.25) is 4.79 Å². The smallest absolute Gasteiger partial charge is 0.270 e. The Morgan fingerprint density at radius 2 is 1.65 bits per heavy atom. The van der Waals surface area contributed by atoms with Gasteiger partial charge in [-0.2, -0.15) is 0 Å². The van der Waals surface area contributed by atoms with E-state index in [-0.39, 0.29) is 11.7 Å². The Balaban J connectivity index is 1.53. The highest BCUT2D eigenvalue weighted by atomic mass is 19.1. The molecule has 0 radical (unpaired) electrons. The molecular weight excluding hydrogens is 327 g/mol. The van der Waals surface area contributed by atoms with E-state index in [1.807, 2.05) is 47.2 Å². The third-order valence-corrected chi connectivity index (χ3v) is 4.43. The van der Waals surface area contributed by atoms with Gasteiger partial charge in [-0.25, -0.2) is 4.39 Å². The van der Waals surface area contributed by atoms with Gasteiger partial charge in [0.25, 0.3) is 5.91 Å². The zero-order chi connectivity index (χ0) is 17.9. The Kier molecular flexibility index (Phi) is 4.28. The van der Waals surface area contributed by atoms with Crippen molar-refractivity contribution < 1.29 is 9.18 Å². The second-order valence-electron chi connectivity index (χ2n) is 6.28. The minimum absolute atomic E-state index is 0.0201. The molecule has 3 aromatic rings. The van der Waals surface area contributed by atoms with Crippen molar-refractivity contribution in [3.05, 3.63) is 95.1 Å². The largest absolute Gasteiger partial charge is 0.340 e. The first-order valence-corrected chi connectivity index (χ1v) is 8.50. The molecule has 1 aliphatic heterocycles. The Bertz CT molecular complexity index is 994. The summed E-state index contributed by atoms with van der Waals surface area (Å²) in [6.45, 7) is 1.84. The third kappa shape index (κ3) is 3.38. The van der Waals surface area contributed by atoms with Gasteiger partial charge < -0.3 is 9.47 Å². The molecule has 26 heavy (non-hydrogen) atoms. The summed E-state index contributed by atoms with van der Waals surface area (Å²) in [7, 11) is 0. The number of nitrogens with zero attached hydrogens (tertiary/aromatic N) is 2. The number of fused-ring (bicyclic) bond motifs is 1. The molecule has 1 aliphatic rings. The highest BCUT2D eigenvalue weighted by Gasteiger charge is 2.25. The molecule has 3 nitrogen and oxygen atoms in total. The van der Waals surface area contributed by atoms with Crippen LogP contribution in [0.5, 0.6) is 0 Å². The Morgan fingerprint density at radius 3 is 2.42 bits per heavy atom. The van der Waals surface area contributed by atoms with E-state index < -0.39 is 0 Å². The summed E-state index contributed by atoms with van der Waals surface area (Å²) in [5.74, 6) is 5.95. The molecule has 0 fully saturated rings. The molecule has 2 heterocycles. The maximum atomic E-state index is 13.0. The monoisotopic (exact) mass is 344 g/mol. The van der Waals surface area contributed by atoms with Crippen LogP contribution in [-0.2, 0) is 13.1 Å². The van der Waals surface area contributed by atoms with E-state index in [9.17, 15) is 9.18 Å². The number of halogens is 1. The number of benzene rings is 2. The zero-order valence-electron chi connectivity index (χ0n) is 14.2. The molecule has 4 rings (SSSR count). The maximum Gasteiger partial charge on any atom is 0.270 e. The molecule has 0 spiro atoms. The molecule has 0 atom stereocenters. The number of hydrogen-bond donors (Lipinski definition) is 0. The van der Waals surface area contributed by atoms with Crippen molar-refractivity contribution in [2.75, 3.05) is 6.54 Å². The van der Waals surface area contributed by atoms with Crippen LogP contribution in [0.2, 0.25) is 0 Å². The van der Waals surface area contributed by atoms with Crippen LogP contribution in [0.3, 0.4) is 0 Å². The summed E-state index contributed by atoms with van der Waals surface area (Å²) in [4.78, 5) is 14.5. The predicted molar refractivity (Wildman–Crippen MR) is 98.0 cm³/mol. The minimum atomic E-state index is -0.269. The second-order valence-corrected chi connectivity index (χ2v) is 6.28. The molecule has 1 aromatic heterocycles. The molecule has 0 bridgehead atoms. The van der Waals surface area contributed by atoms with Gasteiger partial charge in [0.15, 0.2) is 0 Å². The molecule has 0 saturated heterocycles. The van der Waals surface area contributed by atoms with Gasteiger partial charge in [0, 0.05) is 37.0 Å². The van der Waals surface area contributed by atoms with Crippen molar-refractivity contribution in [2.45, 2.75) is 13.1 Å². The average molecular weight is 344 g/mol. The molecule has 0 saturated carbocycles. The first-order valence-electron chi connectivity index (χ1n) is 8.50. The SMILES string of the molecule is O=C1c2cc(C#Cc3ccccc3)cn2CCN1Cc1ccc(F)cc1. The summed E-state index contributed by atoms with van der Waals surface area (Å²) >= 11 is 0. The molecule has 4 heteroatoms. The molecule has 0 unspecified atom stereocenters. The standard InChI is InChI=1S/C22H17FN2O/c23-20-10-8-18(9-11-20)15-25-13-12-24-16-19(14-21(24)22(25)26)7-6-17-4-2-1-3-5-17/h1-5,8-11,14,16H,12-13,15H2.